The molecule has 3 rings (SSSR count). The quantitative estimate of drug-likeness (QED) is 0.409. The lowest BCUT2D eigenvalue weighted by atomic mass is 10.1. The van der Waals surface area contributed by atoms with Crippen LogP contribution in [-0.2, 0) is 9.47 Å². The van der Waals surface area contributed by atoms with Crippen LogP contribution in [0.5, 0.6) is 0 Å². The minimum Gasteiger partial charge on any atom is -0.390 e. The number of aliphatic hydroxyl groups is 2. The summed E-state index contributed by atoms with van der Waals surface area (Å²) in [6.45, 7) is -1.10. The van der Waals surface area contributed by atoms with E-state index in [0.29, 0.717) is 0 Å². The lowest BCUT2D eigenvalue weighted by Crippen LogP contribution is -2.32. The molecule has 0 saturated carbocycles. The van der Waals surface area contributed by atoms with E-state index in [0.717, 1.165) is 10.8 Å². The highest BCUT2D eigenvalue weighted by atomic mass is 19.1. The molecule has 2 N–H and O–H groups in total. The molecular weight excluding hydrogens is 253 g/mol. The van der Waals surface area contributed by atoms with Gasteiger partial charge in [-0.05, 0) is 4.92 Å². The number of imidazole rings is 1. The minimum absolute atomic E-state index is 0.606. The first-order valence-corrected chi connectivity index (χ1v) is 4.97. The van der Waals surface area contributed by atoms with Gasteiger partial charge in [-0.2, -0.15) is 4.57 Å². The van der Waals surface area contributed by atoms with Crippen LogP contribution < -0.4 is 0 Å². The van der Waals surface area contributed by atoms with E-state index in [1.165, 1.54) is 6.20 Å². The van der Waals surface area contributed by atoms with Gasteiger partial charge in [0.2, 0.25) is 6.23 Å². The molecule has 1 aromatic heterocycles. The van der Waals surface area contributed by atoms with Crippen LogP contribution in [0.2, 0.25) is 0 Å². The predicted molar refractivity (Wildman–Crippen MR) is 49.8 cm³/mol. The van der Waals surface area contributed by atoms with Crippen LogP contribution in [0.15, 0.2) is 12.4 Å². The number of fused-ring (bicyclic) bond motifs is 1. The molecule has 0 amide bonds. The number of nitro groups is 1. The summed E-state index contributed by atoms with van der Waals surface area (Å²) in [7, 11) is 0. The number of epoxide rings is 1. The van der Waals surface area contributed by atoms with E-state index in [4.69, 9.17) is 4.74 Å². The molecule has 98 valence electrons. The normalized spacial score (nSPS) is 41.7. The second kappa shape index (κ2) is 3.23. The van der Waals surface area contributed by atoms with Crippen molar-refractivity contribution in [3.8, 4) is 0 Å². The number of halogens is 1. The van der Waals surface area contributed by atoms with Gasteiger partial charge in [0.1, 0.15) is 25.2 Å². The van der Waals surface area contributed by atoms with Crippen molar-refractivity contribution in [1.29, 1.82) is 0 Å². The molecule has 2 saturated heterocycles. The summed E-state index contributed by atoms with van der Waals surface area (Å²) in [6, 6.07) is 0. The fraction of sp³-hybridized carbons (Fsp3) is 0.625. The van der Waals surface area contributed by atoms with Crippen molar-refractivity contribution in [3.63, 3.8) is 0 Å². The van der Waals surface area contributed by atoms with Crippen LogP contribution in [-0.4, -0.2) is 49.0 Å². The molecule has 4 atom stereocenters. The van der Waals surface area contributed by atoms with Crippen molar-refractivity contribution in [1.82, 2.24) is 9.55 Å². The van der Waals surface area contributed by atoms with Crippen molar-refractivity contribution >= 4 is 5.95 Å². The summed E-state index contributed by atoms with van der Waals surface area (Å²) in [6.07, 6.45) is -0.543. The maximum Gasteiger partial charge on any atom is 0.436 e. The van der Waals surface area contributed by atoms with Gasteiger partial charge in [-0.3, -0.25) is 4.74 Å². The van der Waals surface area contributed by atoms with Gasteiger partial charge in [-0.15, -0.1) is 0 Å². The summed E-state index contributed by atoms with van der Waals surface area (Å²) in [5, 5.41) is 30.4. The van der Waals surface area contributed by atoms with Gasteiger partial charge < -0.3 is 25.1 Å². The SMILES string of the molecule is O=[N+]([O-])c1nccn1[C@@H]1O[C@H](CF)[C@]2(O)O[C@]12O. The number of alkyl halides is 1. The van der Waals surface area contributed by atoms with Gasteiger partial charge in [0, 0.05) is 0 Å². The van der Waals surface area contributed by atoms with Gasteiger partial charge >= 0.3 is 5.95 Å². The highest BCUT2D eigenvalue weighted by Gasteiger charge is 2.85. The first kappa shape index (κ1) is 11.5. The van der Waals surface area contributed by atoms with Crippen molar-refractivity contribution in [3.05, 3.63) is 22.5 Å². The third-order valence-corrected chi connectivity index (χ3v) is 3.05. The molecule has 2 aliphatic heterocycles. The van der Waals surface area contributed by atoms with Crippen molar-refractivity contribution in [2.45, 2.75) is 23.9 Å². The minimum atomic E-state index is -2.20. The first-order chi connectivity index (χ1) is 8.44. The summed E-state index contributed by atoms with van der Waals surface area (Å²) in [5.41, 5.74) is 0. The van der Waals surface area contributed by atoms with E-state index >= 15 is 0 Å². The average molecular weight is 261 g/mol. The molecule has 10 heteroatoms. The van der Waals surface area contributed by atoms with Crippen LogP contribution in [0.25, 0.3) is 0 Å². The van der Waals surface area contributed by atoms with E-state index in [-0.39, 0.29) is 0 Å². The Bertz CT molecular complexity index is 523. The molecule has 2 aliphatic rings. The molecule has 0 aliphatic carbocycles. The number of ether oxygens (including phenoxy) is 2. The zero-order valence-electron chi connectivity index (χ0n) is 8.76. The second-order valence-electron chi connectivity index (χ2n) is 4.02. The Morgan fingerprint density at radius 1 is 1.61 bits per heavy atom. The summed E-state index contributed by atoms with van der Waals surface area (Å²) < 4.78 is 23.2. The maximum absolute atomic E-state index is 12.6. The Kier molecular flexibility index (Phi) is 2.06. The zero-order chi connectivity index (χ0) is 13.1. The maximum atomic E-state index is 12.6. The largest absolute Gasteiger partial charge is 0.436 e. The van der Waals surface area contributed by atoms with E-state index in [9.17, 15) is 24.7 Å². The van der Waals surface area contributed by atoms with Crippen LogP contribution in [0, 0.1) is 10.1 Å². The van der Waals surface area contributed by atoms with E-state index in [2.05, 4.69) is 9.72 Å². The number of hydrogen-bond donors (Lipinski definition) is 2. The third-order valence-electron chi connectivity index (χ3n) is 3.05. The van der Waals surface area contributed by atoms with E-state index in [1.54, 1.807) is 0 Å². The van der Waals surface area contributed by atoms with Gasteiger partial charge in [0.25, 0.3) is 11.6 Å². The Hall–Kier alpha value is -1.62. The Morgan fingerprint density at radius 2 is 2.33 bits per heavy atom. The summed E-state index contributed by atoms with van der Waals surface area (Å²) in [5.74, 6) is -4.98. The van der Waals surface area contributed by atoms with E-state index in [1.807, 2.05) is 0 Å². The number of nitrogens with zero attached hydrogens (tertiary/aromatic N) is 3. The molecule has 3 heterocycles. The number of hydrogen-bond acceptors (Lipinski definition) is 7. The lowest BCUT2D eigenvalue weighted by molar-refractivity contribution is -0.399. The van der Waals surface area contributed by atoms with E-state index < -0.39 is 41.5 Å². The monoisotopic (exact) mass is 261 g/mol. The smallest absolute Gasteiger partial charge is 0.390 e. The summed E-state index contributed by atoms with van der Waals surface area (Å²) >= 11 is 0. The van der Waals surface area contributed by atoms with Crippen LogP contribution in [0.3, 0.4) is 0 Å². The van der Waals surface area contributed by atoms with Crippen molar-refractivity contribution in [2.75, 3.05) is 6.67 Å². The molecular formula is C8H8FN3O6. The highest BCUT2D eigenvalue weighted by Crippen LogP contribution is 2.60. The Balaban J connectivity index is 1.99. The van der Waals surface area contributed by atoms with Gasteiger partial charge in [-0.25, -0.2) is 4.39 Å². The van der Waals surface area contributed by atoms with Crippen LogP contribution in [0.1, 0.15) is 6.23 Å². The molecule has 0 unspecified atom stereocenters. The fourth-order valence-corrected chi connectivity index (χ4v) is 2.10. The highest BCUT2D eigenvalue weighted by molar-refractivity contribution is 5.19. The molecule has 0 bridgehead atoms. The van der Waals surface area contributed by atoms with Gasteiger partial charge in [0.15, 0.2) is 0 Å². The Morgan fingerprint density at radius 3 is 2.89 bits per heavy atom. The second-order valence-corrected chi connectivity index (χ2v) is 4.02. The lowest BCUT2D eigenvalue weighted by Gasteiger charge is -2.16. The third kappa shape index (κ3) is 1.15. The van der Waals surface area contributed by atoms with Gasteiger partial charge in [-0.1, -0.05) is 4.98 Å². The standard InChI is InChI=1S/C8H8FN3O6/c9-3-4-7(13)8(14,18-7)5(17-4)11-2-1-10-6(11)12(15)16/h1-2,4-5,13-14H,3H2/t4-,5-,7+,8-/m1/s1. The van der Waals surface area contributed by atoms with Crippen LogP contribution in [0.4, 0.5) is 10.3 Å². The molecule has 0 spiro atoms. The fourth-order valence-electron chi connectivity index (χ4n) is 2.10. The van der Waals surface area contributed by atoms with Crippen molar-refractivity contribution < 1.29 is 29.0 Å². The number of aromatic nitrogens is 2. The zero-order valence-corrected chi connectivity index (χ0v) is 8.76. The predicted octanol–water partition coefficient (Wildman–Crippen LogP) is -0.934. The molecule has 9 nitrogen and oxygen atoms in total. The van der Waals surface area contributed by atoms with Crippen LogP contribution >= 0.6 is 0 Å². The average Bonchev–Trinajstić information content (AvgIpc) is 2.68. The molecule has 1 aromatic rings. The first-order valence-electron chi connectivity index (χ1n) is 4.97. The summed E-state index contributed by atoms with van der Waals surface area (Å²) in [4.78, 5) is 13.4. The topological polar surface area (TPSA) is 123 Å². The molecule has 0 radical (unpaired) electrons. The Labute approximate surface area is 98.5 Å². The molecule has 0 aromatic carbocycles. The molecule has 2 fully saturated rings. The molecule has 18 heavy (non-hydrogen) atoms. The van der Waals surface area contributed by atoms with Gasteiger partial charge in [0.05, 0.1) is 0 Å². The number of rotatable bonds is 3. The van der Waals surface area contributed by atoms with Crippen molar-refractivity contribution in [2.24, 2.45) is 0 Å².